The van der Waals surface area contributed by atoms with Crippen LogP contribution in [0.5, 0.6) is 5.75 Å². The van der Waals surface area contributed by atoms with E-state index in [1.54, 1.807) is 7.11 Å². The molecule has 1 aliphatic rings. The predicted molar refractivity (Wildman–Crippen MR) is 74.3 cm³/mol. The number of ether oxygens (including phenoxy) is 1. The maximum atomic E-state index is 5.50. The van der Waals surface area contributed by atoms with Gasteiger partial charge in [-0.25, -0.2) is 0 Å². The van der Waals surface area contributed by atoms with E-state index >= 15 is 0 Å². The van der Waals surface area contributed by atoms with Gasteiger partial charge in [-0.05, 0) is 56.5 Å². The molecular formula is C15H20N2O. The lowest BCUT2D eigenvalue weighted by atomic mass is 9.91. The van der Waals surface area contributed by atoms with Crippen LogP contribution in [0.2, 0.25) is 0 Å². The molecule has 3 heteroatoms. The largest absolute Gasteiger partial charge is 0.495 e. The third-order valence-corrected chi connectivity index (χ3v) is 3.99. The Bertz CT molecular complexity index is 586. The molecular weight excluding hydrogens is 224 g/mol. The second-order valence-corrected chi connectivity index (χ2v) is 5.14. The highest BCUT2D eigenvalue weighted by Crippen LogP contribution is 2.38. The second-order valence-electron chi connectivity index (χ2n) is 5.14. The third kappa shape index (κ3) is 1.62. The number of rotatable bonds is 2. The summed E-state index contributed by atoms with van der Waals surface area (Å²) < 4.78 is 5.50. The van der Waals surface area contributed by atoms with Crippen molar-refractivity contribution < 1.29 is 4.74 Å². The summed E-state index contributed by atoms with van der Waals surface area (Å²) in [5, 5.41) is 4.74. The summed E-state index contributed by atoms with van der Waals surface area (Å²) in [4.78, 5) is 3.58. The summed E-state index contributed by atoms with van der Waals surface area (Å²) in [7, 11) is 3.78. The first-order chi connectivity index (χ1) is 8.74. The number of aromatic amines is 1. The highest BCUT2D eigenvalue weighted by molar-refractivity contribution is 5.90. The van der Waals surface area contributed by atoms with Gasteiger partial charge in [0.15, 0.2) is 0 Å². The van der Waals surface area contributed by atoms with Crippen molar-refractivity contribution in [3.05, 3.63) is 29.0 Å². The number of hydrogen-bond donors (Lipinski definition) is 2. The van der Waals surface area contributed by atoms with Crippen LogP contribution in [0, 0.1) is 6.92 Å². The Balaban J connectivity index is 2.28. The minimum Gasteiger partial charge on any atom is -0.495 e. The topological polar surface area (TPSA) is 37.0 Å². The number of hydrogen-bond acceptors (Lipinski definition) is 2. The van der Waals surface area contributed by atoms with Crippen molar-refractivity contribution >= 4 is 10.9 Å². The van der Waals surface area contributed by atoms with E-state index in [0.717, 1.165) is 11.3 Å². The number of fused-ring (bicyclic) bond motifs is 3. The fourth-order valence-corrected chi connectivity index (χ4v) is 3.12. The monoisotopic (exact) mass is 244 g/mol. The Morgan fingerprint density at radius 3 is 2.94 bits per heavy atom. The zero-order valence-corrected chi connectivity index (χ0v) is 11.3. The molecule has 0 spiro atoms. The molecule has 1 heterocycles. The number of benzene rings is 1. The van der Waals surface area contributed by atoms with E-state index in [1.807, 2.05) is 7.05 Å². The summed E-state index contributed by atoms with van der Waals surface area (Å²) in [6.45, 7) is 2.12. The molecule has 1 aromatic carbocycles. The van der Waals surface area contributed by atoms with E-state index in [4.69, 9.17) is 4.74 Å². The number of aryl methyl sites for hydroxylation is 2. The fourth-order valence-electron chi connectivity index (χ4n) is 3.12. The number of H-pyrrole nitrogens is 1. The van der Waals surface area contributed by atoms with Gasteiger partial charge in [-0.3, -0.25) is 0 Å². The van der Waals surface area contributed by atoms with E-state index in [-0.39, 0.29) is 0 Å². The Morgan fingerprint density at radius 2 is 2.22 bits per heavy atom. The first-order valence-electron chi connectivity index (χ1n) is 6.61. The van der Waals surface area contributed by atoms with Crippen LogP contribution in [-0.2, 0) is 6.42 Å². The fraction of sp³-hybridized carbons (Fsp3) is 0.467. The van der Waals surface area contributed by atoms with Crippen molar-refractivity contribution in [1.29, 1.82) is 0 Å². The van der Waals surface area contributed by atoms with Gasteiger partial charge in [0.2, 0.25) is 0 Å². The van der Waals surface area contributed by atoms with E-state index in [9.17, 15) is 0 Å². The molecule has 2 N–H and O–H groups in total. The summed E-state index contributed by atoms with van der Waals surface area (Å²) >= 11 is 0. The third-order valence-electron chi connectivity index (χ3n) is 3.99. The highest BCUT2D eigenvalue weighted by Gasteiger charge is 2.24. The predicted octanol–water partition coefficient (Wildman–Crippen LogP) is 3.08. The van der Waals surface area contributed by atoms with E-state index in [1.165, 1.54) is 41.5 Å². The first kappa shape index (κ1) is 11.6. The lowest BCUT2D eigenvalue weighted by molar-refractivity contribution is 0.418. The SMILES string of the molecule is CNC1CCCc2c1[nH]c1c(OC)cc(C)cc21. The van der Waals surface area contributed by atoms with E-state index in [2.05, 4.69) is 29.4 Å². The van der Waals surface area contributed by atoms with Crippen LogP contribution in [0.4, 0.5) is 0 Å². The van der Waals surface area contributed by atoms with E-state index < -0.39 is 0 Å². The zero-order chi connectivity index (χ0) is 12.7. The Hall–Kier alpha value is -1.48. The molecule has 1 aromatic heterocycles. The van der Waals surface area contributed by atoms with Gasteiger partial charge in [0.1, 0.15) is 5.75 Å². The summed E-state index contributed by atoms with van der Waals surface area (Å²) in [6, 6.07) is 4.82. The van der Waals surface area contributed by atoms with Crippen molar-refractivity contribution in [3.63, 3.8) is 0 Å². The quantitative estimate of drug-likeness (QED) is 0.851. The van der Waals surface area contributed by atoms with Crippen molar-refractivity contribution in [3.8, 4) is 5.75 Å². The lowest BCUT2D eigenvalue weighted by Crippen LogP contribution is -2.21. The minimum absolute atomic E-state index is 0.450. The van der Waals surface area contributed by atoms with Crippen LogP contribution in [0.3, 0.4) is 0 Å². The van der Waals surface area contributed by atoms with Gasteiger partial charge in [-0.1, -0.05) is 0 Å². The van der Waals surface area contributed by atoms with Gasteiger partial charge in [-0.2, -0.15) is 0 Å². The van der Waals surface area contributed by atoms with Crippen molar-refractivity contribution in [2.45, 2.75) is 32.2 Å². The van der Waals surface area contributed by atoms with Crippen molar-refractivity contribution in [2.75, 3.05) is 14.2 Å². The molecule has 0 bridgehead atoms. The van der Waals surface area contributed by atoms with Gasteiger partial charge < -0.3 is 15.0 Å². The molecule has 1 aliphatic carbocycles. The Kier molecular flexibility index (Phi) is 2.78. The van der Waals surface area contributed by atoms with Gasteiger partial charge in [-0.15, -0.1) is 0 Å². The standard InChI is InChI=1S/C15H20N2O/c1-9-7-11-10-5-4-6-12(16-2)14(10)17-15(11)13(8-9)18-3/h7-8,12,16-17H,4-6H2,1-3H3. The highest BCUT2D eigenvalue weighted by atomic mass is 16.5. The van der Waals surface area contributed by atoms with Gasteiger partial charge in [0.25, 0.3) is 0 Å². The molecule has 0 radical (unpaired) electrons. The van der Waals surface area contributed by atoms with Crippen molar-refractivity contribution in [2.24, 2.45) is 0 Å². The Labute approximate surface area is 108 Å². The molecule has 0 aliphatic heterocycles. The molecule has 2 aromatic rings. The molecule has 0 saturated heterocycles. The Morgan fingerprint density at radius 1 is 1.39 bits per heavy atom. The van der Waals surface area contributed by atoms with Crippen LogP contribution < -0.4 is 10.1 Å². The van der Waals surface area contributed by atoms with Crippen LogP contribution in [0.25, 0.3) is 10.9 Å². The second kappa shape index (κ2) is 4.32. The summed E-state index contributed by atoms with van der Waals surface area (Å²) in [5.74, 6) is 0.953. The number of nitrogens with one attached hydrogen (secondary N) is 2. The van der Waals surface area contributed by atoms with E-state index in [0.29, 0.717) is 6.04 Å². The molecule has 1 atom stereocenters. The van der Waals surface area contributed by atoms with Crippen LogP contribution in [0.1, 0.15) is 35.7 Å². The van der Waals surface area contributed by atoms with Crippen LogP contribution in [0.15, 0.2) is 12.1 Å². The average molecular weight is 244 g/mol. The summed E-state index contributed by atoms with van der Waals surface area (Å²) in [6.07, 6.45) is 3.62. The molecule has 3 rings (SSSR count). The molecule has 96 valence electrons. The lowest BCUT2D eigenvalue weighted by Gasteiger charge is -2.21. The van der Waals surface area contributed by atoms with Crippen LogP contribution >= 0.6 is 0 Å². The van der Waals surface area contributed by atoms with Gasteiger partial charge in [0.05, 0.1) is 12.6 Å². The maximum absolute atomic E-state index is 5.50. The minimum atomic E-state index is 0.450. The molecule has 0 amide bonds. The molecule has 18 heavy (non-hydrogen) atoms. The summed E-state index contributed by atoms with van der Waals surface area (Å²) in [5.41, 5.74) is 5.23. The van der Waals surface area contributed by atoms with Crippen molar-refractivity contribution in [1.82, 2.24) is 10.3 Å². The average Bonchev–Trinajstić information content (AvgIpc) is 2.76. The first-order valence-corrected chi connectivity index (χ1v) is 6.61. The molecule has 0 fully saturated rings. The number of methoxy groups -OCH3 is 1. The van der Waals surface area contributed by atoms with Crippen LogP contribution in [-0.4, -0.2) is 19.1 Å². The molecule has 0 saturated carbocycles. The maximum Gasteiger partial charge on any atom is 0.143 e. The molecule has 3 nitrogen and oxygen atoms in total. The van der Waals surface area contributed by atoms with Gasteiger partial charge >= 0.3 is 0 Å². The number of aromatic nitrogens is 1. The molecule has 1 unspecified atom stereocenters. The van der Waals surface area contributed by atoms with Gasteiger partial charge in [0, 0.05) is 17.1 Å². The normalized spacial score (nSPS) is 18.9. The smallest absolute Gasteiger partial charge is 0.143 e. The zero-order valence-electron chi connectivity index (χ0n) is 11.3.